The fourth-order valence-corrected chi connectivity index (χ4v) is 0.666. The van der Waals surface area contributed by atoms with E-state index >= 15 is 0 Å². The molecular formula is C7H9F2NO. The minimum absolute atomic E-state index is 0.131. The summed E-state index contributed by atoms with van der Waals surface area (Å²) in [6.45, 7) is 3.74. The Labute approximate surface area is 63.2 Å². The van der Waals surface area contributed by atoms with E-state index in [1.165, 1.54) is 6.26 Å². The second-order valence-corrected chi connectivity index (χ2v) is 2.57. The van der Waals surface area contributed by atoms with E-state index in [1.807, 2.05) is 13.8 Å². The molecule has 11 heavy (non-hydrogen) atoms. The Kier molecular flexibility index (Phi) is 2.22. The van der Waals surface area contributed by atoms with E-state index in [-0.39, 0.29) is 5.92 Å². The molecule has 0 saturated heterocycles. The van der Waals surface area contributed by atoms with Gasteiger partial charge in [-0.1, -0.05) is 13.8 Å². The number of hydrogen-bond donors (Lipinski definition) is 0. The zero-order valence-corrected chi connectivity index (χ0v) is 6.34. The molecule has 0 saturated carbocycles. The first-order valence-electron chi connectivity index (χ1n) is 3.34. The predicted octanol–water partition coefficient (Wildman–Crippen LogP) is 2.74. The van der Waals surface area contributed by atoms with Crippen LogP contribution in [-0.4, -0.2) is 4.98 Å². The molecule has 62 valence electrons. The van der Waals surface area contributed by atoms with Crippen molar-refractivity contribution < 1.29 is 13.2 Å². The Hall–Kier alpha value is -0.930. The van der Waals surface area contributed by atoms with Gasteiger partial charge in [-0.2, -0.15) is 8.78 Å². The lowest BCUT2D eigenvalue weighted by molar-refractivity contribution is 0.115. The quantitative estimate of drug-likeness (QED) is 0.666. The van der Waals surface area contributed by atoms with Crippen LogP contribution < -0.4 is 0 Å². The first-order chi connectivity index (χ1) is 5.11. The number of aromatic nitrogens is 1. The maximum Gasteiger partial charge on any atom is 0.313 e. The van der Waals surface area contributed by atoms with Gasteiger partial charge in [-0.25, -0.2) is 4.98 Å². The Morgan fingerprint density at radius 2 is 2.09 bits per heavy atom. The molecule has 0 unspecified atom stereocenters. The van der Waals surface area contributed by atoms with Crippen molar-refractivity contribution in [1.29, 1.82) is 0 Å². The summed E-state index contributed by atoms with van der Waals surface area (Å²) in [6, 6.07) is 0. The van der Waals surface area contributed by atoms with Gasteiger partial charge in [0.05, 0.1) is 5.69 Å². The molecule has 1 aromatic heterocycles. The highest BCUT2D eigenvalue weighted by atomic mass is 19.3. The van der Waals surface area contributed by atoms with Gasteiger partial charge in [0.1, 0.15) is 6.26 Å². The van der Waals surface area contributed by atoms with E-state index in [4.69, 9.17) is 0 Å². The molecule has 0 N–H and O–H groups in total. The van der Waals surface area contributed by atoms with Gasteiger partial charge in [0, 0.05) is 0 Å². The number of alkyl halides is 2. The van der Waals surface area contributed by atoms with Crippen LogP contribution in [0, 0.1) is 0 Å². The van der Waals surface area contributed by atoms with Crippen molar-refractivity contribution in [1.82, 2.24) is 4.98 Å². The molecule has 0 aliphatic carbocycles. The van der Waals surface area contributed by atoms with Crippen LogP contribution in [0.3, 0.4) is 0 Å². The highest BCUT2D eigenvalue weighted by molar-refractivity contribution is 5.01. The molecule has 1 rings (SSSR count). The van der Waals surface area contributed by atoms with Gasteiger partial charge in [0.15, 0.2) is 0 Å². The molecule has 0 amide bonds. The van der Waals surface area contributed by atoms with Gasteiger partial charge in [-0.15, -0.1) is 0 Å². The largest absolute Gasteiger partial charge is 0.444 e. The number of nitrogens with zero attached hydrogens (tertiary/aromatic N) is 1. The average molecular weight is 161 g/mol. The van der Waals surface area contributed by atoms with Crippen LogP contribution in [0.25, 0.3) is 0 Å². The SMILES string of the molecule is CC(C)c1coc(C(F)F)n1. The monoisotopic (exact) mass is 161 g/mol. The van der Waals surface area contributed by atoms with Crippen molar-refractivity contribution in [2.24, 2.45) is 0 Å². The van der Waals surface area contributed by atoms with Crippen LogP contribution in [0.1, 0.15) is 37.8 Å². The number of oxazole rings is 1. The summed E-state index contributed by atoms with van der Waals surface area (Å²) in [4.78, 5) is 3.59. The first-order valence-corrected chi connectivity index (χ1v) is 3.34. The molecule has 1 aromatic rings. The fraction of sp³-hybridized carbons (Fsp3) is 0.571. The predicted molar refractivity (Wildman–Crippen MR) is 35.5 cm³/mol. The molecule has 2 nitrogen and oxygen atoms in total. The zero-order chi connectivity index (χ0) is 8.43. The summed E-state index contributed by atoms with van der Waals surface area (Å²) in [6.07, 6.45) is -1.34. The van der Waals surface area contributed by atoms with Crippen molar-refractivity contribution in [3.8, 4) is 0 Å². The van der Waals surface area contributed by atoms with Crippen molar-refractivity contribution >= 4 is 0 Å². The molecule has 1 heterocycles. The lowest BCUT2D eigenvalue weighted by atomic mass is 10.2. The van der Waals surface area contributed by atoms with E-state index in [9.17, 15) is 8.78 Å². The minimum Gasteiger partial charge on any atom is -0.444 e. The van der Waals surface area contributed by atoms with Crippen molar-refractivity contribution in [3.63, 3.8) is 0 Å². The highest BCUT2D eigenvalue weighted by Crippen LogP contribution is 2.20. The van der Waals surface area contributed by atoms with E-state index < -0.39 is 12.3 Å². The van der Waals surface area contributed by atoms with Crippen LogP contribution in [0.2, 0.25) is 0 Å². The third-order valence-corrected chi connectivity index (χ3v) is 1.32. The third kappa shape index (κ3) is 1.76. The molecule has 0 aliphatic heterocycles. The molecular weight excluding hydrogens is 152 g/mol. The first kappa shape index (κ1) is 8.17. The lowest BCUT2D eigenvalue weighted by Gasteiger charge is -1.94. The fourth-order valence-electron chi connectivity index (χ4n) is 0.666. The summed E-state index contributed by atoms with van der Waals surface area (Å²) in [5.74, 6) is -0.361. The molecule has 0 bridgehead atoms. The van der Waals surface area contributed by atoms with E-state index in [2.05, 4.69) is 9.40 Å². The third-order valence-electron chi connectivity index (χ3n) is 1.32. The Morgan fingerprint density at radius 1 is 1.45 bits per heavy atom. The van der Waals surface area contributed by atoms with Crippen LogP contribution in [0.5, 0.6) is 0 Å². The van der Waals surface area contributed by atoms with Crippen LogP contribution in [-0.2, 0) is 0 Å². The van der Waals surface area contributed by atoms with Crippen molar-refractivity contribution in [2.75, 3.05) is 0 Å². The normalized spacial score (nSPS) is 11.5. The van der Waals surface area contributed by atoms with E-state index in [0.717, 1.165) is 0 Å². The van der Waals surface area contributed by atoms with Crippen LogP contribution in [0.4, 0.5) is 8.78 Å². The molecule has 0 aromatic carbocycles. The highest BCUT2D eigenvalue weighted by Gasteiger charge is 2.15. The summed E-state index contributed by atoms with van der Waals surface area (Å²) in [5.41, 5.74) is 0.570. The van der Waals surface area contributed by atoms with Crippen LogP contribution in [0.15, 0.2) is 10.7 Å². The van der Waals surface area contributed by atoms with Crippen molar-refractivity contribution in [3.05, 3.63) is 17.8 Å². The molecule has 0 fully saturated rings. The Balaban J connectivity index is 2.82. The molecule has 0 spiro atoms. The van der Waals surface area contributed by atoms with Gasteiger partial charge < -0.3 is 4.42 Å². The van der Waals surface area contributed by atoms with Gasteiger partial charge in [-0.05, 0) is 5.92 Å². The number of hydrogen-bond acceptors (Lipinski definition) is 2. The Bertz CT molecular complexity index is 210. The maximum absolute atomic E-state index is 11.9. The standard InChI is InChI=1S/C7H9F2NO/c1-4(2)5-3-11-7(10-5)6(8)9/h3-4,6H,1-2H3. The summed E-state index contributed by atoms with van der Waals surface area (Å²) in [5, 5.41) is 0. The number of halogens is 2. The smallest absolute Gasteiger partial charge is 0.313 e. The maximum atomic E-state index is 11.9. The van der Waals surface area contributed by atoms with Gasteiger partial charge in [0.25, 0.3) is 5.89 Å². The van der Waals surface area contributed by atoms with E-state index in [0.29, 0.717) is 5.69 Å². The zero-order valence-electron chi connectivity index (χ0n) is 6.34. The molecule has 0 atom stereocenters. The van der Waals surface area contributed by atoms with Crippen molar-refractivity contribution in [2.45, 2.75) is 26.2 Å². The second kappa shape index (κ2) is 2.98. The number of rotatable bonds is 2. The molecule has 4 heteroatoms. The molecule has 0 radical (unpaired) electrons. The Morgan fingerprint density at radius 3 is 2.36 bits per heavy atom. The van der Waals surface area contributed by atoms with E-state index in [1.54, 1.807) is 0 Å². The second-order valence-electron chi connectivity index (χ2n) is 2.57. The molecule has 0 aliphatic rings. The van der Waals surface area contributed by atoms with Gasteiger partial charge >= 0.3 is 6.43 Å². The lowest BCUT2D eigenvalue weighted by Crippen LogP contribution is -1.88. The van der Waals surface area contributed by atoms with Crippen LogP contribution >= 0.6 is 0 Å². The minimum atomic E-state index is -2.61. The summed E-state index contributed by atoms with van der Waals surface area (Å²) >= 11 is 0. The average Bonchev–Trinajstić information content (AvgIpc) is 2.33. The van der Waals surface area contributed by atoms with Gasteiger partial charge in [0.2, 0.25) is 0 Å². The summed E-state index contributed by atoms with van der Waals surface area (Å²) < 4.78 is 28.3. The topological polar surface area (TPSA) is 26.0 Å². The summed E-state index contributed by atoms with van der Waals surface area (Å²) in [7, 11) is 0. The van der Waals surface area contributed by atoms with Gasteiger partial charge in [-0.3, -0.25) is 0 Å².